The molecule has 1 aromatic heterocycles. The third kappa shape index (κ3) is 2.60. The molecule has 0 amide bonds. The van der Waals surface area contributed by atoms with Gasteiger partial charge in [-0.15, -0.1) is 0 Å². The number of nitrogens with one attached hydrogen (secondary N) is 1. The molecule has 1 aromatic rings. The van der Waals surface area contributed by atoms with E-state index in [0.717, 1.165) is 0 Å². The number of piperidine rings is 1. The minimum Gasteiger partial charge on any atom is -0.369 e. The van der Waals surface area contributed by atoms with Crippen LogP contribution in [0.1, 0.15) is 12.8 Å². The first-order valence-corrected chi connectivity index (χ1v) is 5.82. The number of aromatic nitrogens is 2. The minimum absolute atomic E-state index is 0.00658. The van der Waals surface area contributed by atoms with Crippen LogP contribution in [0.3, 0.4) is 0 Å². The molecule has 0 atom stereocenters. The molecule has 1 fully saturated rings. The van der Waals surface area contributed by atoms with Gasteiger partial charge in [-0.25, -0.2) is 5.10 Å². The van der Waals surface area contributed by atoms with Crippen LogP contribution < -0.4 is 10.5 Å². The number of nitrogens with zero attached hydrogens (tertiary/aromatic N) is 2. The molecule has 18 heavy (non-hydrogen) atoms. The van der Waals surface area contributed by atoms with E-state index in [2.05, 4.69) is 10.2 Å². The highest BCUT2D eigenvalue weighted by Crippen LogP contribution is 2.35. The van der Waals surface area contributed by atoms with Crippen molar-refractivity contribution in [2.45, 2.75) is 19.0 Å². The molecule has 8 heteroatoms. The monoisotopic (exact) mass is 281 g/mol. The molecule has 0 aromatic carbocycles. The minimum atomic E-state index is -4.15. The summed E-state index contributed by atoms with van der Waals surface area (Å²) in [4.78, 5) is 12.9. The normalized spacial score (nSPS) is 18.1. The van der Waals surface area contributed by atoms with Gasteiger partial charge in [0.15, 0.2) is 0 Å². The van der Waals surface area contributed by atoms with Crippen LogP contribution in [-0.2, 0) is 0 Å². The molecule has 1 saturated heterocycles. The number of aromatic amines is 1. The van der Waals surface area contributed by atoms with Gasteiger partial charge in [0.1, 0.15) is 5.02 Å². The van der Waals surface area contributed by atoms with Crippen molar-refractivity contribution in [3.8, 4) is 0 Å². The van der Waals surface area contributed by atoms with Gasteiger partial charge in [0, 0.05) is 13.1 Å². The van der Waals surface area contributed by atoms with Gasteiger partial charge in [0.05, 0.1) is 17.8 Å². The van der Waals surface area contributed by atoms with E-state index in [1.165, 1.54) is 6.20 Å². The Hall–Kier alpha value is -1.24. The molecule has 0 aliphatic carbocycles. The van der Waals surface area contributed by atoms with Crippen LogP contribution in [0.15, 0.2) is 11.0 Å². The number of alkyl halides is 3. The molecule has 0 radical (unpaired) electrons. The van der Waals surface area contributed by atoms with Crippen molar-refractivity contribution in [2.24, 2.45) is 5.92 Å². The number of halogens is 4. The second-order valence-corrected chi connectivity index (χ2v) is 4.58. The zero-order valence-corrected chi connectivity index (χ0v) is 10.1. The summed E-state index contributed by atoms with van der Waals surface area (Å²) in [6.45, 7) is 0.435. The lowest BCUT2D eigenvalue weighted by Gasteiger charge is -2.34. The van der Waals surface area contributed by atoms with Crippen LogP contribution in [0.5, 0.6) is 0 Å². The highest BCUT2D eigenvalue weighted by molar-refractivity contribution is 6.32. The number of anilines is 1. The fourth-order valence-corrected chi connectivity index (χ4v) is 2.25. The van der Waals surface area contributed by atoms with Gasteiger partial charge in [-0.3, -0.25) is 4.79 Å². The lowest BCUT2D eigenvalue weighted by atomic mass is 9.96. The van der Waals surface area contributed by atoms with Gasteiger partial charge in [-0.2, -0.15) is 18.3 Å². The third-order valence-corrected chi connectivity index (χ3v) is 3.44. The smallest absolute Gasteiger partial charge is 0.369 e. The van der Waals surface area contributed by atoms with Crippen molar-refractivity contribution in [3.63, 3.8) is 0 Å². The maximum absolute atomic E-state index is 12.5. The van der Waals surface area contributed by atoms with E-state index >= 15 is 0 Å². The van der Waals surface area contributed by atoms with E-state index in [1.54, 1.807) is 4.90 Å². The first-order chi connectivity index (χ1) is 8.39. The number of rotatable bonds is 1. The SMILES string of the molecule is O=c1[nH]ncc(N2CCC(C(F)(F)F)CC2)c1Cl. The van der Waals surface area contributed by atoms with Crippen LogP contribution in [0, 0.1) is 5.92 Å². The van der Waals surface area contributed by atoms with Crippen molar-refractivity contribution >= 4 is 17.3 Å². The average molecular weight is 282 g/mol. The van der Waals surface area contributed by atoms with Gasteiger partial charge < -0.3 is 4.90 Å². The Labute approximate surface area is 106 Å². The zero-order chi connectivity index (χ0) is 13.3. The van der Waals surface area contributed by atoms with E-state index in [-0.39, 0.29) is 31.0 Å². The van der Waals surface area contributed by atoms with Crippen molar-refractivity contribution in [1.82, 2.24) is 10.2 Å². The second-order valence-electron chi connectivity index (χ2n) is 4.20. The molecule has 0 saturated carbocycles. The highest BCUT2D eigenvalue weighted by atomic mass is 35.5. The first-order valence-electron chi connectivity index (χ1n) is 5.44. The lowest BCUT2D eigenvalue weighted by molar-refractivity contribution is -0.179. The largest absolute Gasteiger partial charge is 0.391 e. The van der Waals surface area contributed by atoms with E-state index in [0.29, 0.717) is 5.69 Å². The molecule has 0 spiro atoms. The molecule has 1 aliphatic rings. The van der Waals surface area contributed by atoms with Gasteiger partial charge in [-0.1, -0.05) is 11.6 Å². The van der Waals surface area contributed by atoms with Gasteiger partial charge >= 0.3 is 6.18 Å². The Bertz CT molecular complexity index is 480. The van der Waals surface area contributed by atoms with Crippen molar-refractivity contribution < 1.29 is 13.2 Å². The molecule has 4 nitrogen and oxygen atoms in total. The van der Waals surface area contributed by atoms with E-state index in [9.17, 15) is 18.0 Å². The maximum Gasteiger partial charge on any atom is 0.391 e. The Kier molecular flexibility index (Phi) is 3.52. The Morgan fingerprint density at radius 3 is 2.56 bits per heavy atom. The standard InChI is InChI=1S/C10H11ClF3N3O/c11-8-7(5-15-16-9(8)18)17-3-1-6(2-4-17)10(12,13)14/h5-6H,1-4H2,(H,16,18). The molecule has 0 bridgehead atoms. The van der Waals surface area contributed by atoms with Crippen LogP contribution in [-0.4, -0.2) is 29.5 Å². The summed E-state index contributed by atoms with van der Waals surface area (Å²) in [5.74, 6) is -1.28. The third-order valence-electron chi connectivity index (χ3n) is 3.08. The van der Waals surface area contributed by atoms with Crippen LogP contribution in [0.4, 0.5) is 18.9 Å². The summed E-state index contributed by atoms with van der Waals surface area (Å²) in [6.07, 6.45) is -2.78. The van der Waals surface area contributed by atoms with Gasteiger partial charge in [0.2, 0.25) is 0 Å². The average Bonchev–Trinajstić information content (AvgIpc) is 2.32. The molecule has 1 aliphatic heterocycles. The van der Waals surface area contributed by atoms with Crippen molar-refractivity contribution in [3.05, 3.63) is 21.6 Å². The Balaban J connectivity index is 2.11. The van der Waals surface area contributed by atoms with E-state index < -0.39 is 17.7 Å². The maximum atomic E-state index is 12.5. The summed E-state index contributed by atoms with van der Waals surface area (Å²) < 4.78 is 37.5. The molecular weight excluding hydrogens is 271 g/mol. The summed E-state index contributed by atoms with van der Waals surface area (Å²) in [6, 6.07) is 0. The summed E-state index contributed by atoms with van der Waals surface area (Å²) in [5, 5.41) is 5.74. The molecule has 100 valence electrons. The topological polar surface area (TPSA) is 49.0 Å². The molecule has 1 N–H and O–H groups in total. The van der Waals surface area contributed by atoms with Crippen LogP contribution >= 0.6 is 11.6 Å². The molecule has 2 rings (SSSR count). The molecule has 0 unspecified atom stereocenters. The fourth-order valence-electron chi connectivity index (χ4n) is 2.04. The van der Waals surface area contributed by atoms with E-state index in [1.807, 2.05) is 0 Å². The number of hydrogen-bond acceptors (Lipinski definition) is 3. The molecular formula is C10H11ClF3N3O. The first kappa shape index (κ1) is 13.2. The fraction of sp³-hybridized carbons (Fsp3) is 0.600. The summed E-state index contributed by atoms with van der Waals surface area (Å²) in [5.41, 5.74) is -0.145. The van der Waals surface area contributed by atoms with Crippen molar-refractivity contribution in [1.29, 1.82) is 0 Å². The van der Waals surface area contributed by atoms with Gasteiger partial charge in [0.25, 0.3) is 5.56 Å². The van der Waals surface area contributed by atoms with E-state index in [4.69, 9.17) is 11.6 Å². The summed E-state index contributed by atoms with van der Waals surface area (Å²) >= 11 is 5.81. The molecule has 2 heterocycles. The van der Waals surface area contributed by atoms with Gasteiger partial charge in [-0.05, 0) is 12.8 Å². The Morgan fingerprint density at radius 2 is 2.00 bits per heavy atom. The van der Waals surface area contributed by atoms with Crippen LogP contribution in [0.2, 0.25) is 5.02 Å². The number of hydrogen-bond donors (Lipinski definition) is 1. The lowest BCUT2D eigenvalue weighted by Crippen LogP contribution is -2.39. The predicted molar refractivity (Wildman–Crippen MR) is 60.9 cm³/mol. The Morgan fingerprint density at radius 1 is 1.39 bits per heavy atom. The predicted octanol–water partition coefficient (Wildman–Crippen LogP) is 2.20. The van der Waals surface area contributed by atoms with Crippen LogP contribution in [0.25, 0.3) is 0 Å². The summed E-state index contributed by atoms with van der Waals surface area (Å²) in [7, 11) is 0. The highest BCUT2D eigenvalue weighted by Gasteiger charge is 2.41. The zero-order valence-electron chi connectivity index (χ0n) is 9.30. The second kappa shape index (κ2) is 4.79. The van der Waals surface area contributed by atoms with Crippen molar-refractivity contribution in [2.75, 3.05) is 18.0 Å². The number of H-pyrrole nitrogens is 1. The quantitative estimate of drug-likeness (QED) is 0.858.